The Bertz CT molecular complexity index is 736. The maximum Gasteiger partial charge on any atom is 0.213 e. The van der Waals surface area contributed by atoms with Crippen molar-refractivity contribution in [1.29, 1.82) is 0 Å². The topological polar surface area (TPSA) is 51.1 Å². The van der Waals surface area contributed by atoms with Gasteiger partial charge in [-0.15, -0.1) is 0 Å². The molecule has 1 saturated heterocycles. The second-order valence-electron chi connectivity index (χ2n) is 7.36. The van der Waals surface area contributed by atoms with Crippen molar-refractivity contribution in [2.24, 2.45) is 5.92 Å². The summed E-state index contributed by atoms with van der Waals surface area (Å²) in [7, 11) is 0. The fourth-order valence-corrected chi connectivity index (χ4v) is 3.39. The van der Waals surface area contributed by atoms with E-state index >= 15 is 0 Å². The van der Waals surface area contributed by atoms with Crippen molar-refractivity contribution in [3.05, 3.63) is 41.5 Å². The molecule has 3 heterocycles. The Balaban J connectivity index is 1.32. The number of hydrogen-bond donors (Lipinski definition) is 0. The van der Waals surface area contributed by atoms with Crippen molar-refractivity contribution in [2.45, 2.75) is 45.4 Å². The molecule has 0 atom stereocenters. The van der Waals surface area contributed by atoms with Crippen molar-refractivity contribution in [3.8, 4) is 5.88 Å². The van der Waals surface area contributed by atoms with Crippen LogP contribution in [0.5, 0.6) is 5.88 Å². The number of aromatic nitrogens is 3. The second kappa shape index (κ2) is 6.98. The molecule has 4 rings (SSSR count). The molecule has 2 aliphatic rings. The molecule has 0 N–H and O–H groups in total. The van der Waals surface area contributed by atoms with Gasteiger partial charge in [0.2, 0.25) is 5.88 Å². The monoisotopic (exact) mass is 338 g/mol. The molecule has 1 aliphatic carbocycles. The van der Waals surface area contributed by atoms with Crippen LogP contribution >= 0.6 is 0 Å². The highest BCUT2D eigenvalue weighted by Crippen LogP contribution is 2.38. The van der Waals surface area contributed by atoms with Gasteiger partial charge in [0.1, 0.15) is 11.6 Å². The molecule has 1 saturated carbocycles. The standard InChI is InChI=1S/C20H26N4O/c1-14-4-3-5-19(21-14)25-13-16-8-10-24(11-9-16)18-12-15(2)22-20(23-18)17-6-7-17/h3-5,12,16-17H,6-11,13H2,1-2H3. The van der Waals surface area contributed by atoms with E-state index in [4.69, 9.17) is 9.72 Å². The zero-order chi connectivity index (χ0) is 17.2. The molecule has 1 aliphatic heterocycles. The summed E-state index contributed by atoms with van der Waals surface area (Å²) in [5, 5.41) is 0. The molecule has 2 fully saturated rings. The fourth-order valence-electron chi connectivity index (χ4n) is 3.39. The molecular formula is C20H26N4O. The average Bonchev–Trinajstić information content (AvgIpc) is 3.45. The SMILES string of the molecule is Cc1cccc(OCC2CCN(c3cc(C)nc(C4CC4)n3)CC2)n1. The van der Waals surface area contributed by atoms with Crippen LogP contribution in [0, 0.1) is 19.8 Å². The lowest BCUT2D eigenvalue weighted by Crippen LogP contribution is -2.36. The van der Waals surface area contributed by atoms with E-state index < -0.39 is 0 Å². The van der Waals surface area contributed by atoms with Crippen molar-refractivity contribution in [1.82, 2.24) is 15.0 Å². The third kappa shape index (κ3) is 4.09. The van der Waals surface area contributed by atoms with Gasteiger partial charge in [-0.25, -0.2) is 15.0 Å². The summed E-state index contributed by atoms with van der Waals surface area (Å²) in [4.78, 5) is 16.2. The van der Waals surface area contributed by atoms with E-state index in [2.05, 4.69) is 27.9 Å². The van der Waals surface area contributed by atoms with Gasteiger partial charge in [-0.2, -0.15) is 0 Å². The molecule has 2 aromatic rings. The number of piperidine rings is 1. The molecule has 0 bridgehead atoms. The Morgan fingerprint density at radius 1 is 1.00 bits per heavy atom. The molecule has 5 nitrogen and oxygen atoms in total. The highest BCUT2D eigenvalue weighted by Gasteiger charge is 2.28. The van der Waals surface area contributed by atoms with E-state index in [0.717, 1.165) is 61.4 Å². The van der Waals surface area contributed by atoms with Crippen LogP contribution in [-0.4, -0.2) is 34.6 Å². The lowest BCUT2D eigenvalue weighted by Gasteiger charge is -2.32. The van der Waals surface area contributed by atoms with Gasteiger partial charge in [-0.1, -0.05) is 6.07 Å². The minimum atomic E-state index is 0.587. The van der Waals surface area contributed by atoms with Gasteiger partial charge in [0, 0.05) is 42.5 Å². The van der Waals surface area contributed by atoms with Crippen LogP contribution in [-0.2, 0) is 0 Å². The third-order valence-corrected chi connectivity index (χ3v) is 5.07. The van der Waals surface area contributed by atoms with Crippen LogP contribution in [0.1, 0.15) is 48.8 Å². The summed E-state index contributed by atoms with van der Waals surface area (Å²) < 4.78 is 5.89. The smallest absolute Gasteiger partial charge is 0.213 e. The van der Waals surface area contributed by atoms with Crippen LogP contribution in [0.4, 0.5) is 5.82 Å². The van der Waals surface area contributed by atoms with Crippen molar-refractivity contribution in [2.75, 3.05) is 24.6 Å². The minimum absolute atomic E-state index is 0.587. The Morgan fingerprint density at radius 2 is 1.80 bits per heavy atom. The maximum absolute atomic E-state index is 5.89. The number of anilines is 1. The van der Waals surface area contributed by atoms with Gasteiger partial charge in [-0.3, -0.25) is 0 Å². The van der Waals surface area contributed by atoms with Crippen molar-refractivity contribution < 1.29 is 4.74 Å². The van der Waals surface area contributed by atoms with Crippen LogP contribution in [0.15, 0.2) is 24.3 Å². The molecule has 0 unspecified atom stereocenters. The fraction of sp³-hybridized carbons (Fsp3) is 0.550. The first-order valence-corrected chi connectivity index (χ1v) is 9.34. The molecular weight excluding hydrogens is 312 g/mol. The Hall–Kier alpha value is -2.17. The number of aryl methyl sites for hydroxylation is 2. The number of hydrogen-bond acceptors (Lipinski definition) is 5. The summed E-state index contributed by atoms with van der Waals surface area (Å²) in [5.74, 6) is 4.08. The maximum atomic E-state index is 5.89. The van der Waals surface area contributed by atoms with E-state index in [0.29, 0.717) is 11.8 Å². The summed E-state index contributed by atoms with van der Waals surface area (Å²) in [6.07, 6.45) is 4.76. The van der Waals surface area contributed by atoms with Gasteiger partial charge in [-0.05, 0) is 51.5 Å². The van der Waals surface area contributed by atoms with E-state index in [1.54, 1.807) is 0 Å². The van der Waals surface area contributed by atoms with Gasteiger partial charge in [0.25, 0.3) is 0 Å². The van der Waals surface area contributed by atoms with Crippen molar-refractivity contribution >= 4 is 5.82 Å². The van der Waals surface area contributed by atoms with E-state index in [1.165, 1.54) is 12.8 Å². The summed E-state index contributed by atoms with van der Waals surface area (Å²) in [5.41, 5.74) is 2.08. The van der Waals surface area contributed by atoms with Crippen LogP contribution in [0.3, 0.4) is 0 Å². The second-order valence-corrected chi connectivity index (χ2v) is 7.36. The Labute approximate surface area is 149 Å². The van der Waals surface area contributed by atoms with Gasteiger partial charge in [0.05, 0.1) is 6.61 Å². The lowest BCUT2D eigenvalue weighted by atomic mass is 9.98. The quantitative estimate of drug-likeness (QED) is 0.833. The molecule has 5 heteroatoms. The normalized spacial score (nSPS) is 18.4. The lowest BCUT2D eigenvalue weighted by molar-refractivity contribution is 0.215. The number of rotatable bonds is 5. The first kappa shape index (κ1) is 16.3. The first-order chi connectivity index (χ1) is 12.2. The van der Waals surface area contributed by atoms with Gasteiger partial charge >= 0.3 is 0 Å². The molecule has 25 heavy (non-hydrogen) atoms. The van der Waals surface area contributed by atoms with Crippen LogP contribution < -0.4 is 9.64 Å². The van der Waals surface area contributed by atoms with E-state index in [-0.39, 0.29) is 0 Å². The Morgan fingerprint density at radius 3 is 2.52 bits per heavy atom. The minimum Gasteiger partial charge on any atom is -0.477 e. The highest BCUT2D eigenvalue weighted by molar-refractivity contribution is 5.41. The highest BCUT2D eigenvalue weighted by atomic mass is 16.5. The van der Waals surface area contributed by atoms with Crippen LogP contribution in [0.2, 0.25) is 0 Å². The zero-order valence-electron chi connectivity index (χ0n) is 15.1. The molecule has 0 spiro atoms. The number of nitrogens with zero attached hydrogens (tertiary/aromatic N) is 4. The van der Waals surface area contributed by atoms with Crippen LogP contribution in [0.25, 0.3) is 0 Å². The number of pyridine rings is 1. The summed E-state index contributed by atoms with van der Waals surface area (Å²) in [6.45, 7) is 6.89. The molecule has 0 amide bonds. The number of ether oxygens (including phenoxy) is 1. The van der Waals surface area contributed by atoms with Crippen molar-refractivity contribution in [3.63, 3.8) is 0 Å². The molecule has 132 valence electrons. The van der Waals surface area contributed by atoms with E-state index in [1.807, 2.05) is 25.1 Å². The zero-order valence-corrected chi connectivity index (χ0v) is 15.1. The summed E-state index contributed by atoms with van der Waals surface area (Å²) >= 11 is 0. The molecule has 2 aromatic heterocycles. The predicted octanol–water partition coefficient (Wildman–Crippen LogP) is 3.66. The van der Waals surface area contributed by atoms with Gasteiger partial charge < -0.3 is 9.64 Å². The van der Waals surface area contributed by atoms with E-state index in [9.17, 15) is 0 Å². The first-order valence-electron chi connectivity index (χ1n) is 9.34. The average molecular weight is 338 g/mol. The summed E-state index contributed by atoms with van der Waals surface area (Å²) in [6, 6.07) is 8.05. The largest absolute Gasteiger partial charge is 0.477 e. The third-order valence-electron chi connectivity index (χ3n) is 5.07. The molecule has 0 radical (unpaired) electrons. The molecule has 0 aromatic carbocycles. The Kier molecular flexibility index (Phi) is 4.55. The van der Waals surface area contributed by atoms with Gasteiger partial charge in [0.15, 0.2) is 0 Å². The predicted molar refractivity (Wildman–Crippen MR) is 98.2 cm³/mol.